The lowest BCUT2D eigenvalue weighted by Crippen LogP contribution is -2.29. The van der Waals surface area contributed by atoms with Gasteiger partial charge in [-0.1, -0.05) is 35.9 Å². The summed E-state index contributed by atoms with van der Waals surface area (Å²) in [7, 11) is 0. The van der Waals surface area contributed by atoms with E-state index in [0.717, 1.165) is 33.2 Å². The number of benzene rings is 2. The third-order valence-electron chi connectivity index (χ3n) is 3.60. The fraction of sp³-hybridized carbons (Fsp3) is 0.250. The Bertz CT molecular complexity index is 661. The van der Waals surface area contributed by atoms with E-state index in [4.69, 9.17) is 26.9 Å². The van der Waals surface area contributed by atoms with Crippen LogP contribution in [0.25, 0.3) is 0 Å². The zero-order valence-corrected chi connectivity index (χ0v) is 12.5. The Balaban J connectivity index is 2.02. The molecule has 0 saturated carbocycles. The lowest BCUT2D eigenvalue weighted by Gasteiger charge is -2.23. The highest BCUT2D eigenvalue weighted by Crippen LogP contribution is 2.36. The van der Waals surface area contributed by atoms with E-state index in [2.05, 4.69) is 5.43 Å². The van der Waals surface area contributed by atoms with Gasteiger partial charge in [0.15, 0.2) is 11.5 Å². The summed E-state index contributed by atoms with van der Waals surface area (Å²) in [6.45, 7) is 3.11. The summed E-state index contributed by atoms with van der Waals surface area (Å²) in [6, 6.07) is 11.5. The molecule has 0 aliphatic carbocycles. The predicted molar refractivity (Wildman–Crippen MR) is 82.8 cm³/mol. The van der Waals surface area contributed by atoms with Crippen molar-refractivity contribution in [3.63, 3.8) is 0 Å². The normalized spacial score (nSPS) is 14.8. The number of fused-ring (bicyclic) bond motifs is 1. The summed E-state index contributed by atoms with van der Waals surface area (Å²) >= 11 is 6.41. The van der Waals surface area contributed by atoms with E-state index in [1.54, 1.807) is 0 Å². The van der Waals surface area contributed by atoms with E-state index in [1.165, 1.54) is 0 Å². The maximum atomic E-state index is 6.41. The topological polar surface area (TPSA) is 56.5 Å². The third kappa shape index (κ3) is 2.70. The van der Waals surface area contributed by atoms with E-state index in [1.807, 2.05) is 43.3 Å². The van der Waals surface area contributed by atoms with Gasteiger partial charge in [-0.3, -0.25) is 5.84 Å². The van der Waals surface area contributed by atoms with Crippen molar-refractivity contribution in [2.24, 2.45) is 5.84 Å². The minimum absolute atomic E-state index is 0.201. The van der Waals surface area contributed by atoms with Crippen LogP contribution in [-0.4, -0.2) is 13.2 Å². The van der Waals surface area contributed by atoms with Crippen molar-refractivity contribution in [3.05, 3.63) is 58.1 Å². The number of nitrogens with one attached hydrogen (secondary N) is 1. The molecule has 3 N–H and O–H groups in total. The second kappa shape index (κ2) is 5.93. The van der Waals surface area contributed by atoms with E-state index in [0.29, 0.717) is 13.2 Å². The Kier molecular flexibility index (Phi) is 4.01. The van der Waals surface area contributed by atoms with Crippen molar-refractivity contribution in [1.29, 1.82) is 0 Å². The van der Waals surface area contributed by atoms with Crippen molar-refractivity contribution < 1.29 is 9.47 Å². The molecule has 3 rings (SSSR count). The summed E-state index contributed by atoms with van der Waals surface area (Å²) in [6.07, 6.45) is 0. The molecule has 0 fully saturated rings. The molecule has 0 bridgehead atoms. The molecule has 4 nitrogen and oxygen atoms in total. The standard InChI is InChI=1S/C16H17ClN2O2/c1-10-3-2-4-12(15(10)17)16(19-18)11-5-6-13-14(9-11)21-8-7-20-13/h2-6,9,16,19H,7-8,18H2,1H3. The number of hydrogen-bond donors (Lipinski definition) is 2. The fourth-order valence-corrected chi connectivity index (χ4v) is 2.73. The highest BCUT2D eigenvalue weighted by molar-refractivity contribution is 6.32. The Labute approximate surface area is 128 Å². The molecule has 0 spiro atoms. The van der Waals surface area contributed by atoms with Gasteiger partial charge in [-0.15, -0.1) is 0 Å². The number of aryl methyl sites for hydroxylation is 1. The molecule has 0 aromatic heterocycles. The van der Waals surface area contributed by atoms with Gasteiger partial charge >= 0.3 is 0 Å². The van der Waals surface area contributed by atoms with Gasteiger partial charge in [0, 0.05) is 5.02 Å². The Morgan fingerprint density at radius 2 is 1.90 bits per heavy atom. The number of hydrazine groups is 1. The molecule has 1 unspecified atom stereocenters. The molecule has 1 atom stereocenters. The first kappa shape index (κ1) is 14.2. The van der Waals surface area contributed by atoms with Crippen molar-refractivity contribution in [2.45, 2.75) is 13.0 Å². The van der Waals surface area contributed by atoms with Gasteiger partial charge in [0.05, 0.1) is 6.04 Å². The zero-order chi connectivity index (χ0) is 14.8. The number of rotatable bonds is 3. The Morgan fingerprint density at radius 1 is 1.14 bits per heavy atom. The quantitative estimate of drug-likeness (QED) is 0.676. The maximum Gasteiger partial charge on any atom is 0.161 e. The van der Waals surface area contributed by atoms with Crippen molar-refractivity contribution in [1.82, 2.24) is 5.43 Å². The summed E-state index contributed by atoms with van der Waals surface area (Å²) < 4.78 is 11.2. The third-order valence-corrected chi connectivity index (χ3v) is 4.12. The van der Waals surface area contributed by atoms with Crippen LogP contribution in [0.5, 0.6) is 11.5 Å². The van der Waals surface area contributed by atoms with Crippen LogP contribution in [0, 0.1) is 6.92 Å². The molecule has 5 heteroatoms. The van der Waals surface area contributed by atoms with E-state index >= 15 is 0 Å². The first-order chi connectivity index (χ1) is 10.2. The summed E-state index contributed by atoms with van der Waals surface area (Å²) in [4.78, 5) is 0. The van der Waals surface area contributed by atoms with Crippen LogP contribution in [0.15, 0.2) is 36.4 Å². The highest BCUT2D eigenvalue weighted by atomic mass is 35.5. The summed E-state index contributed by atoms with van der Waals surface area (Å²) in [5.74, 6) is 7.25. The Morgan fingerprint density at radius 3 is 2.67 bits per heavy atom. The Hall–Kier alpha value is -1.75. The zero-order valence-electron chi connectivity index (χ0n) is 11.7. The van der Waals surface area contributed by atoms with Gasteiger partial charge < -0.3 is 9.47 Å². The van der Waals surface area contributed by atoms with Gasteiger partial charge in [0.25, 0.3) is 0 Å². The fourth-order valence-electron chi connectivity index (χ4n) is 2.50. The maximum absolute atomic E-state index is 6.41. The molecule has 0 saturated heterocycles. The van der Waals surface area contributed by atoms with Crippen molar-refractivity contribution >= 4 is 11.6 Å². The van der Waals surface area contributed by atoms with Crippen LogP contribution in [0.1, 0.15) is 22.7 Å². The van der Waals surface area contributed by atoms with E-state index in [9.17, 15) is 0 Å². The van der Waals surface area contributed by atoms with Crippen LogP contribution < -0.4 is 20.7 Å². The predicted octanol–water partition coefficient (Wildman–Crippen LogP) is 2.97. The molecule has 110 valence electrons. The molecule has 0 amide bonds. The van der Waals surface area contributed by atoms with Crippen molar-refractivity contribution in [2.75, 3.05) is 13.2 Å². The molecule has 21 heavy (non-hydrogen) atoms. The number of ether oxygens (including phenoxy) is 2. The van der Waals surface area contributed by atoms with Gasteiger partial charge in [0.2, 0.25) is 0 Å². The number of halogens is 1. The number of hydrogen-bond acceptors (Lipinski definition) is 4. The average molecular weight is 305 g/mol. The average Bonchev–Trinajstić information content (AvgIpc) is 2.52. The molecule has 1 aliphatic heterocycles. The second-order valence-electron chi connectivity index (χ2n) is 4.98. The smallest absolute Gasteiger partial charge is 0.161 e. The minimum atomic E-state index is -0.201. The summed E-state index contributed by atoms with van der Waals surface area (Å²) in [5, 5.41) is 0.718. The van der Waals surface area contributed by atoms with Crippen LogP contribution in [0.2, 0.25) is 5.02 Å². The molecule has 0 radical (unpaired) electrons. The second-order valence-corrected chi connectivity index (χ2v) is 5.36. The molecule has 1 heterocycles. The number of nitrogens with two attached hydrogens (primary N) is 1. The summed E-state index contributed by atoms with van der Waals surface area (Å²) in [5.41, 5.74) is 5.77. The first-order valence-electron chi connectivity index (χ1n) is 6.81. The van der Waals surface area contributed by atoms with E-state index < -0.39 is 0 Å². The lowest BCUT2D eigenvalue weighted by molar-refractivity contribution is 0.171. The molecule has 1 aliphatic rings. The highest BCUT2D eigenvalue weighted by Gasteiger charge is 2.20. The van der Waals surface area contributed by atoms with Crippen LogP contribution >= 0.6 is 11.6 Å². The molecular formula is C16H17ClN2O2. The minimum Gasteiger partial charge on any atom is -0.486 e. The monoisotopic (exact) mass is 304 g/mol. The van der Waals surface area contributed by atoms with Crippen LogP contribution in [0.3, 0.4) is 0 Å². The molecule has 2 aromatic rings. The van der Waals surface area contributed by atoms with E-state index in [-0.39, 0.29) is 6.04 Å². The first-order valence-corrected chi connectivity index (χ1v) is 7.19. The lowest BCUT2D eigenvalue weighted by atomic mass is 9.97. The SMILES string of the molecule is Cc1cccc(C(NN)c2ccc3c(c2)OCCO3)c1Cl. The largest absolute Gasteiger partial charge is 0.486 e. The molecule has 2 aromatic carbocycles. The van der Waals surface area contributed by atoms with Crippen LogP contribution in [0.4, 0.5) is 0 Å². The molecular weight excluding hydrogens is 288 g/mol. The van der Waals surface area contributed by atoms with Gasteiger partial charge in [-0.25, -0.2) is 5.43 Å². The van der Waals surface area contributed by atoms with Gasteiger partial charge in [-0.05, 0) is 35.7 Å². The van der Waals surface area contributed by atoms with Crippen LogP contribution in [-0.2, 0) is 0 Å². The van der Waals surface area contributed by atoms with Crippen molar-refractivity contribution in [3.8, 4) is 11.5 Å². The van der Waals surface area contributed by atoms with Gasteiger partial charge in [0.1, 0.15) is 13.2 Å². The van der Waals surface area contributed by atoms with Gasteiger partial charge in [-0.2, -0.15) is 0 Å².